The van der Waals surface area contributed by atoms with Crippen molar-refractivity contribution in [1.29, 1.82) is 0 Å². The van der Waals surface area contributed by atoms with E-state index in [0.717, 1.165) is 24.3 Å². The lowest BCUT2D eigenvalue weighted by Crippen LogP contribution is -2.36. The Bertz CT molecular complexity index is 273. The molecule has 1 N–H and O–H groups in total. The quantitative estimate of drug-likeness (QED) is 0.815. The first-order valence-electron chi connectivity index (χ1n) is 5.05. The molecular weight excluding hydrogens is 196 g/mol. The molecule has 0 amide bonds. The van der Waals surface area contributed by atoms with Crippen LogP contribution in [0.3, 0.4) is 0 Å². The van der Waals surface area contributed by atoms with Crippen molar-refractivity contribution in [1.82, 2.24) is 0 Å². The molecule has 1 aliphatic rings. The molecule has 1 aromatic rings. The van der Waals surface area contributed by atoms with E-state index in [2.05, 4.69) is 0 Å². The van der Waals surface area contributed by atoms with Crippen molar-refractivity contribution in [2.45, 2.75) is 25.4 Å². The van der Waals surface area contributed by atoms with Gasteiger partial charge in [-0.1, -0.05) is 6.07 Å². The molecule has 2 nitrogen and oxygen atoms in total. The van der Waals surface area contributed by atoms with E-state index in [9.17, 15) is 5.11 Å². The Morgan fingerprint density at radius 3 is 3.07 bits per heavy atom. The first-order chi connectivity index (χ1) is 6.71. The molecule has 2 rings (SSSR count). The largest absolute Gasteiger partial charge is 0.384 e. The van der Waals surface area contributed by atoms with Crippen LogP contribution >= 0.6 is 11.3 Å². The maximum absolute atomic E-state index is 10.4. The van der Waals surface area contributed by atoms with Crippen molar-refractivity contribution in [3.05, 3.63) is 22.4 Å². The fourth-order valence-corrected chi connectivity index (χ4v) is 2.82. The van der Waals surface area contributed by atoms with Gasteiger partial charge in [0.1, 0.15) is 5.60 Å². The second kappa shape index (κ2) is 4.01. The summed E-state index contributed by atoms with van der Waals surface area (Å²) in [6.45, 7) is 3.43. The van der Waals surface area contributed by atoms with Crippen LogP contribution in [0.15, 0.2) is 17.5 Å². The predicted octanol–water partition coefficient (Wildman–Crippen LogP) is 2.38. The molecule has 2 unspecified atom stereocenters. The maximum atomic E-state index is 10.4. The summed E-state index contributed by atoms with van der Waals surface area (Å²) >= 11 is 1.62. The van der Waals surface area contributed by atoms with Gasteiger partial charge in [-0.05, 0) is 31.2 Å². The molecule has 2 heterocycles. The van der Waals surface area contributed by atoms with Crippen LogP contribution in [0.5, 0.6) is 0 Å². The molecule has 0 spiro atoms. The molecule has 14 heavy (non-hydrogen) atoms. The van der Waals surface area contributed by atoms with Crippen LogP contribution in [0, 0.1) is 5.92 Å². The predicted molar refractivity (Wildman–Crippen MR) is 57.4 cm³/mol. The van der Waals surface area contributed by atoms with Crippen LogP contribution in [0.4, 0.5) is 0 Å². The average molecular weight is 212 g/mol. The molecule has 1 saturated heterocycles. The maximum Gasteiger partial charge on any atom is 0.101 e. The fraction of sp³-hybridized carbons (Fsp3) is 0.636. The van der Waals surface area contributed by atoms with Gasteiger partial charge in [0.15, 0.2) is 0 Å². The normalized spacial score (nSPS) is 27.1. The number of ether oxygens (including phenoxy) is 1. The van der Waals surface area contributed by atoms with Crippen molar-refractivity contribution < 1.29 is 9.84 Å². The van der Waals surface area contributed by atoms with E-state index in [1.54, 1.807) is 11.3 Å². The highest BCUT2D eigenvalue weighted by Gasteiger charge is 2.35. The number of thiophene rings is 1. The van der Waals surface area contributed by atoms with Crippen molar-refractivity contribution in [3.63, 3.8) is 0 Å². The van der Waals surface area contributed by atoms with Crippen LogP contribution < -0.4 is 0 Å². The second-order valence-electron chi connectivity index (χ2n) is 4.04. The van der Waals surface area contributed by atoms with E-state index >= 15 is 0 Å². The number of aliphatic hydroxyl groups is 1. The number of hydrogen-bond acceptors (Lipinski definition) is 3. The average Bonchev–Trinajstić information content (AvgIpc) is 2.72. The molecule has 0 aliphatic carbocycles. The SMILES string of the molecule is CC(O)(c1cccs1)C1CCCOC1. The summed E-state index contributed by atoms with van der Waals surface area (Å²) in [7, 11) is 0. The number of hydrogen-bond donors (Lipinski definition) is 1. The van der Waals surface area contributed by atoms with Crippen LogP contribution in [-0.2, 0) is 10.3 Å². The minimum Gasteiger partial charge on any atom is -0.384 e. The number of rotatable bonds is 2. The Morgan fingerprint density at radius 2 is 2.50 bits per heavy atom. The summed E-state index contributed by atoms with van der Waals surface area (Å²) < 4.78 is 5.41. The van der Waals surface area contributed by atoms with Gasteiger partial charge in [0.2, 0.25) is 0 Å². The summed E-state index contributed by atoms with van der Waals surface area (Å²) in [6, 6.07) is 3.98. The third-order valence-corrected chi connectivity index (χ3v) is 4.07. The highest BCUT2D eigenvalue weighted by molar-refractivity contribution is 7.10. The lowest BCUT2D eigenvalue weighted by molar-refractivity contribution is -0.0702. The monoisotopic (exact) mass is 212 g/mol. The smallest absolute Gasteiger partial charge is 0.101 e. The fourth-order valence-electron chi connectivity index (χ4n) is 1.95. The molecule has 1 aromatic heterocycles. The Hall–Kier alpha value is -0.380. The molecule has 0 saturated carbocycles. The van der Waals surface area contributed by atoms with Crippen LogP contribution in [-0.4, -0.2) is 18.3 Å². The van der Waals surface area contributed by atoms with Crippen LogP contribution in [0.1, 0.15) is 24.6 Å². The summed E-state index contributed by atoms with van der Waals surface area (Å²) in [5, 5.41) is 12.4. The van der Waals surface area contributed by atoms with Gasteiger partial charge < -0.3 is 9.84 Å². The molecule has 3 heteroatoms. The van der Waals surface area contributed by atoms with Crippen molar-refractivity contribution in [2.24, 2.45) is 5.92 Å². The minimum atomic E-state index is -0.714. The van der Waals surface area contributed by atoms with Crippen molar-refractivity contribution >= 4 is 11.3 Å². The lowest BCUT2D eigenvalue weighted by atomic mass is 9.84. The van der Waals surface area contributed by atoms with Crippen LogP contribution in [0.2, 0.25) is 0 Å². The van der Waals surface area contributed by atoms with Gasteiger partial charge in [-0.2, -0.15) is 0 Å². The van der Waals surface area contributed by atoms with E-state index in [-0.39, 0.29) is 5.92 Å². The zero-order valence-electron chi connectivity index (χ0n) is 8.40. The summed E-state index contributed by atoms with van der Waals surface area (Å²) in [6.07, 6.45) is 2.12. The van der Waals surface area contributed by atoms with E-state index in [1.165, 1.54) is 0 Å². The van der Waals surface area contributed by atoms with E-state index < -0.39 is 5.60 Å². The zero-order valence-corrected chi connectivity index (χ0v) is 9.22. The van der Waals surface area contributed by atoms with Crippen LogP contribution in [0.25, 0.3) is 0 Å². The van der Waals surface area contributed by atoms with Crippen molar-refractivity contribution in [2.75, 3.05) is 13.2 Å². The second-order valence-corrected chi connectivity index (χ2v) is 4.99. The van der Waals surface area contributed by atoms with Gasteiger partial charge in [0, 0.05) is 17.4 Å². The van der Waals surface area contributed by atoms with Gasteiger partial charge in [0.25, 0.3) is 0 Å². The summed E-state index contributed by atoms with van der Waals surface area (Å²) in [4.78, 5) is 1.05. The van der Waals surface area contributed by atoms with Gasteiger partial charge in [-0.3, -0.25) is 0 Å². The molecule has 1 aliphatic heterocycles. The first-order valence-corrected chi connectivity index (χ1v) is 5.93. The molecule has 0 aromatic carbocycles. The third kappa shape index (κ3) is 1.85. The van der Waals surface area contributed by atoms with Gasteiger partial charge in [-0.15, -0.1) is 11.3 Å². The summed E-state index contributed by atoms with van der Waals surface area (Å²) in [5.74, 6) is 0.245. The van der Waals surface area contributed by atoms with E-state index in [1.807, 2.05) is 24.4 Å². The standard InChI is InChI=1S/C11H16O2S/c1-11(12,10-5-3-7-14-10)9-4-2-6-13-8-9/h3,5,7,9,12H,2,4,6,8H2,1H3. The lowest BCUT2D eigenvalue weighted by Gasteiger charge is -2.34. The minimum absolute atomic E-state index is 0.245. The Labute approximate surface area is 88.5 Å². The Kier molecular flexibility index (Phi) is 2.91. The van der Waals surface area contributed by atoms with Gasteiger partial charge in [0.05, 0.1) is 6.61 Å². The molecule has 0 radical (unpaired) electrons. The van der Waals surface area contributed by atoms with Crippen molar-refractivity contribution in [3.8, 4) is 0 Å². The molecule has 0 bridgehead atoms. The summed E-state index contributed by atoms with van der Waals surface area (Å²) in [5.41, 5.74) is -0.714. The highest BCUT2D eigenvalue weighted by Crippen LogP contribution is 2.36. The molecule has 78 valence electrons. The molecular formula is C11H16O2S. The zero-order chi connectivity index (χ0) is 10.0. The molecule has 1 fully saturated rings. The Morgan fingerprint density at radius 1 is 1.64 bits per heavy atom. The van der Waals surface area contributed by atoms with Gasteiger partial charge >= 0.3 is 0 Å². The first kappa shape index (κ1) is 10.1. The van der Waals surface area contributed by atoms with E-state index in [0.29, 0.717) is 6.61 Å². The van der Waals surface area contributed by atoms with Gasteiger partial charge in [-0.25, -0.2) is 0 Å². The Balaban J connectivity index is 2.14. The topological polar surface area (TPSA) is 29.5 Å². The third-order valence-electron chi connectivity index (χ3n) is 2.98. The molecule has 2 atom stereocenters. The highest BCUT2D eigenvalue weighted by atomic mass is 32.1. The van der Waals surface area contributed by atoms with E-state index in [4.69, 9.17) is 4.74 Å².